The summed E-state index contributed by atoms with van der Waals surface area (Å²) in [6, 6.07) is 24.4. The van der Waals surface area contributed by atoms with Gasteiger partial charge < -0.3 is 0 Å². The fourth-order valence-corrected chi connectivity index (χ4v) is 4.10. The maximum Gasteiger partial charge on any atom is 0.197 e. The average Bonchev–Trinajstić information content (AvgIpc) is 3.18. The van der Waals surface area contributed by atoms with Crippen molar-refractivity contribution in [2.75, 3.05) is 0 Å². The molecule has 4 aromatic rings. The number of benzene rings is 2. The highest BCUT2D eigenvalue weighted by Crippen LogP contribution is 2.32. The van der Waals surface area contributed by atoms with Gasteiger partial charge in [-0.3, -0.25) is 9.55 Å². The molecule has 5 nitrogen and oxygen atoms in total. The van der Waals surface area contributed by atoms with Gasteiger partial charge in [0.1, 0.15) is 5.25 Å². The zero-order chi connectivity index (χ0) is 20.1. The Morgan fingerprint density at radius 2 is 1.69 bits per heavy atom. The molecule has 0 fully saturated rings. The summed E-state index contributed by atoms with van der Waals surface area (Å²) in [5, 5.41) is 19.1. The van der Waals surface area contributed by atoms with Gasteiger partial charge in [0, 0.05) is 18.0 Å². The Morgan fingerprint density at radius 1 is 0.966 bits per heavy atom. The Balaban J connectivity index is 1.75. The SMILES string of the molecule is Cc1ccccc1-n1c(S[C@@H](C#N)Cc2ccccc2)nnc1-c1ccncc1. The minimum absolute atomic E-state index is 0.269. The zero-order valence-electron chi connectivity index (χ0n) is 15.9. The van der Waals surface area contributed by atoms with Crippen LogP contribution in [0.4, 0.5) is 0 Å². The molecule has 1 atom stereocenters. The molecule has 0 unspecified atom stereocenters. The molecule has 0 aliphatic heterocycles. The molecule has 4 rings (SSSR count). The van der Waals surface area contributed by atoms with Crippen molar-refractivity contribution in [3.8, 4) is 23.1 Å². The zero-order valence-corrected chi connectivity index (χ0v) is 16.8. The molecule has 0 aliphatic carbocycles. The van der Waals surface area contributed by atoms with E-state index < -0.39 is 0 Å². The van der Waals surface area contributed by atoms with Gasteiger partial charge in [0.2, 0.25) is 0 Å². The number of nitriles is 1. The van der Waals surface area contributed by atoms with Gasteiger partial charge in [-0.1, -0.05) is 60.3 Å². The molecule has 0 bridgehead atoms. The summed E-state index contributed by atoms with van der Waals surface area (Å²) in [6.07, 6.45) is 4.13. The van der Waals surface area contributed by atoms with Crippen LogP contribution in [0, 0.1) is 18.3 Å². The van der Waals surface area contributed by atoms with Crippen LogP contribution in [0.15, 0.2) is 84.3 Å². The molecule has 29 heavy (non-hydrogen) atoms. The lowest BCUT2D eigenvalue weighted by Gasteiger charge is -2.14. The number of para-hydroxylation sites is 1. The summed E-state index contributed by atoms with van der Waals surface area (Å²) >= 11 is 1.44. The minimum Gasteiger partial charge on any atom is -0.270 e. The second kappa shape index (κ2) is 8.72. The molecule has 142 valence electrons. The molecule has 2 aromatic carbocycles. The van der Waals surface area contributed by atoms with E-state index in [9.17, 15) is 5.26 Å². The van der Waals surface area contributed by atoms with Crippen molar-refractivity contribution in [2.24, 2.45) is 0 Å². The Kier molecular flexibility index (Phi) is 5.68. The Morgan fingerprint density at radius 3 is 2.41 bits per heavy atom. The molecule has 2 aromatic heterocycles. The fourth-order valence-electron chi connectivity index (χ4n) is 3.13. The van der Waals surface area contributed by atoms with Crippen molar-refractivity contribution in [3.63, 3.8) is 0 Å². The minimum atomic E-state index is -0.269. The molecule has 0 amide bonds. The first-order valence-corrected chi connectivity index (χ1v) is 10.2. The number of hydrogen-bond acceptors (Lipinski definition) is 5. The predicted octanol–water partition coefficient (Wildman–Crippen LogP) is 4.86. The largest absolute Gasteiger partial charge is 0.270 e. The molecule has 0 N–H and O–H groups in total. The normalized spacial score (nSPS) is 11.7. The maximum atomic E-state index is 9.75. The Hall–Kier alpha value is -3.43. The third-order valence-corrected chi connectivity index (χ3v) is 5.62. The quantitative estimate of drug-likeness (QED) is 0.435. The molecular formula is C23H19N5S. The molecule has 0 aliphatic rings. The summed E-state index contributed by atoms with van der Waals surface area (Å²) in [5.41, 5.74) is 4.17. The first-order valence-electron chi connectivity index (χ1n) is 9.28. The Labute approximate surface area is 174 Å². The third kappa shape index (κ3) is 4.20. The monoisotopic (exact) mass is 397 g/mol. The van der Waals surface area contributed by atoms with E-state index in [4.69, 9.17) is 0 Å². The van der Waals surface area contributed by atoms with Crippen molar-refractivity contribution in [2.45, 2.75) is 23.8 Å². The van der Waals surface area contributed by atoms with Gasteiger partial charge in [0.15, 0.2) is 11.0 Å². The Bertz CT molecular complexity index is 1130. The second-order valence-corrected chi connectivity index (χ2v) is 7.76. The van der Waals surface area contributed by atoms with Crippen LogP contribution in [0.3, 0.4) is 0 Å². The molecule has 0 saturated carbocycles. The van der Waals surface area contributed by atoms with Crippen LogP contribution in [0.5, 0.6) is 0 Å². The van der Waals surface area contributed by atoms with Gasteiger partial charge in [-0.2, -0.15) is 5.26 Å². The summed E-state index contributed by atoms with van der Waals surface area (Å²) in [6.45, 7) is 2.06. The van der Waals surface area contributed by atoms with Gasteiger partial charge >= 0.3 is 0 Å². The summed E-state index contributed by atoms with van der Waals surface area (Å²) in [4.78, 5) is 4.10. The van der Waals surface area contributed by atoms with Crippen molar-refractivity contribution >= 4 is 11.8 Å². The number of rotatable bonds is 6. The fraction of sp³-hybridized carbons (Fsp3) is 0.130. The number of nitrogens with zero attached hydrogens (tertiary/aromatic N) is 5. The molecule has 0 radical (unpaired) electrons. The van der Waals surface area contributed by atoms with Gasteiger partial charge in [-0.05, 0) is 42.7 Å². The standard InChI is InChI=1S/C23H19N5S/c1-17-7-5-6-10-21(17)28-22(19-11-13-25-14-12-19)26-27-23(28)29-20(16-24)15-18-8-3-2-4-9-18/h2-14,20H,15H2,1H3/t20-/m1/s1. The molecule has 0 spiro atoms. The van der Waals surface area contributed by atoms with Crippen LogP contribution >= 0.6 is 11.8 Å². The van der Waals surface area contributed by atoms with Gasteiger partial charge in [-0.15, -0.1) is 10.2 Å². The van der Waals surface area contributed by atoms with Crippen LogP contribution in [0.25, 0.3) is 17.1 Å². The number of aryl methyl sites for hydroxylation is 1. The van der Waals surface area contributed by atoms with E-state index in [1.807, 2.05) is 65.2 Å². The first-order chi connectivity index (χ1) is 14.3. The van der Waals surface area contributed by atoms with E-state index in [0.29, 0.717) is 11.6 Å². The summed E-state index contributed by atoms with van der Waals surface area (Å²) in [7, 11) is 0. The highest BCUT2D eigenvalue weighted by Gasteiger charge is 2.21. The van der Waals surface area contributed by atoms with Crippen LogP contribution < -0.4 is 0 Å². The lowest BCUT2D eigenvalue weighted by atomic mass is 10.1. The van der Waals surface area contributed by atoms with Gasteiger partial charge in [-0.25, -0.2) is 0 Å². The lowest BCUT2D eigenvalue weighted by Crippen LogP contribution is -2.08. The van der Waals surface area contributed by atoms with Crippen molar-refractivity contribution < 1.29 is 0 Å². The average molecular weight is 398 g/mol. The number of hydrogen-bond donors (Lipinski definition) is 0. The van der Waals surface area contributed by atoms with Crippen LogP contribution in [0.1, 0.15) is 11.1 Å². The topological polar surface area (TPSA) is 67.4 Å². The van der Waals surface area contributed by atoms with Gasteiger partial charge in [0.25, 0.3) is 0 Å². The smallest absolute Gasteiger partial charge is 0.197 e. The van der Waals surface area contributed by atoms with E-state index in [0.717, 1.165) is 28.2 Å². The summed E-state index contributed by atoms with van der Waals surface area (Å²) in [5.74, 6) is 0.737. The number of aromatic nitrogens is 4. The molecule has 2 heterocycles. The molecule has 0 saturated heterocycles. The van der Waals surface area contributed by atoms with Crippen molar-refractivity contribution in [1.82, 2.24) is 19.7 Å². The first kappa shape index (κ1) is 18.9. The van der Waals surface area contributed by atoms with Crippen LogP contribution in [-0.2, 0) is 6.42 Å². The van der Waals surface area contributed by atoms with E-state index in [1.54, 1.807) is 12.4 Å². The highest BCUT2D eigenvalue weighted by atomic mass is 32.2. The molecular weight excluding hydrogens is 378 g/mol. The summed E-state index contributed by atoms with van der Waals surface area (Å²) < 4.78 is 2.03. The third-order valence-electron chi connectivity index (χ3n) is 4.58. The number of pyridine rings is 1. The van der Waals surface area contributed by atoms with E-state index in [2.05, 4.69) is 34.2 Å². The second-order valence-electron chi connectivity index (χ2n) is 6.59. The molecule has 6 heteroatoms. The van der Waals surface area contributed by atoms with Crippen LogP contribution in [0.2, 0.25) is 0 Å². The van der Waals surface area contributed by atoms with Gasteiger partial charge in [0.05, 0.1) is 11.8 Å². The van der Waals surface area contributed by atoms with E-state index in [-0.39, 0.29) is 5.25 Å². The maximum absolute atomic E-state index is 9.75. The van der Waals surface area contributed by atoms with Crippen molar-refractivity contribution in [1.29, 1.82) is 5.26 Å². The predicted molar refractivity (Wildman–Crippen MR) is 115 cm³/mol. The highest BCUT2D eigenvalue weighted by molar-refractivity contribution is 8.00. The van der Waals surface area contributed by atoms with Crippen molar-refractivity contribution in [3.05, 3.63) is 90.3 Å². The lowest BCUT2D eigenvalue weighted by molar-refractivity contribution is 0.872. The van der Waals surface area contributed by atoms with Crippen LogP contribution in [-0.4, -0.2) is 25.0 Å². The number of thioether (sulfide) groups is 1. The van der Waals surface area contributed by atoms with E-state index in [1.165, 1.54) is 11.8 Å². The van der Waals surface area contributed by atoms with E-state index >= 15 is 0 Å².